The smallest absolute Gasteiger partial charge is 0.355 e. The summed E-state index contributed by atoms with van der Waals surface area (Å²) in [4.78, 5) is 25.9. The Labute approximate surface area is 209 Å². The number of phenolic OH excluding ortho intramolecular Hbond substituents is 2. The summed E-state index contributed by atoms with van der Waals surface area (Å²) in [5, 5.41) is 79.8. The van der Waals surface area contributed by atoms with E-state index in [1.165, 1.54) is 30.3 Å². The summed E-state index contributed by atoms with van der Waals surface area (Å²) in [6.45, 7) is -0.858. The molecule has 0 radical (unpaired) electrons. The van der Waals surface area contributed by atoms with E-state index in [4.69, 9.17) is 9.47 Å². The van der Waals surface area contributed by atoms with Crippen LogP contribution < -0.4 is 9.64 Å². The molecule has 2 aromatic rings. The predicted octanol–water partition coefficient (Wildman–Crippen LogP) is -1.35. The molecule has 0 aromatic heterocycles. The second-order valence-corrected chi connectivity index (χ2v) is 8.64. The van der Waals surface area contributed by atoms with Gasteiger partial charge in [-0.3, -0.25) is 9.69 Å². The number of aliphatic carboxylic acids is 1. The molecule has 37 heavy (non-hydrogen) atoms. The summed E-state index contributed by atoms with van der Waals surface area (Å²) in [6.07, 6.45) is -5.18. The van der Waals surface area contributed by atoms with Gasteiger partial charge in [-0.2, -0.15) is 0 Å². The molecule has 1 amide bonds. The van der Waals surface area contributed by atoms with Gasteiger partial charge in [-0.15, -0.1) is 0 Å². The number of carbonyl (C=O) groups is 2. The van der Waals surface area contributed by atoms with Crippen LogP contribution in [0, 0.1) is 0 Å². The predicted molar refractivity (Wildman–Crippen MR) is 123 cm³/mol. The lowest BCUT2D eigenvalue weighted by molar-refractivity contribution is -0.422. The molecular weight excluding hydrogens is 494 g/mol. The Morgan fingerprint density at radius 1 is 1.11 bits per heavy atom. The second-order valence-electron chi connectivity index (χ2n) is 8.64. The number of ether oxygens (including phenoxy) is 2. The number of carboxylic acid groups (broad SMARTS) is 1. The van der Waals surface area contributed by atoms with Gasteiger partial charge in [0, 0.05) is 18.6 Å². The summed E-state index contributed by atoms with van der Waals surface area (Å²) < 4.78 is 10.3. The minimum atomic E-state index is -3.03. The van der Waals surface area contributed by atoms with Crippen molar-refractivity contribution >= 4 is 23.6 Å². The summed E-state index contributed by atoms with van der Waals surface area (Å²) in [5.74, 6) is -6.22. The molecule has 0 bridgehead atoms. The van der Waals surface area contributed by atoms with Gasteiger partial charge in [0.25, 0.3) is 5.91 Å². The molecule has 6 atom stereocenters. The molecule has 2 aliphatic heterocycles. The van der Waals surface area contributed by atoms with Crippen molar-refractivity contribution in [3.63, 3.8) is 0 Å². The van der Waals surface area contributed by atoms with Crippen LogP contribution in [0.4, 0.5) is 5.69 Å². The largest absolute Gasteiger partial charge is 0.508 e. The zero-order valence-corrected chi connectivity index (χ0v) is 19.1. The van der Waals surface area contributed by atoms with Gasteiger partial charge in [0.2, 0.25) is 0 Å². The fourth-order valence-corrected chi connectivity index (χ4v) is 4.21. The highest BCUT2D eigenvalue weighted by molar-refractivity contribution is 6.09. The van der Waals surface area contributed by atoms with E-state index in [0.29, 0.717) is 5.56 Å². The number of phenols is 2. The molecule has 13 nitrogen and oxygen atoms in total. The van der Waals surface area contributed by atoms with Gasteiger partial charge in [-0.25, -0.2) is 4.79 Å². The topological polar surface area (TPSA) is 218 Å². The number of fused-ring (bicyclic) bond motifs is 1. The first kappa shape index (κ1) is 26.3. The first-order valence-corrected chi connectivity index (χ1v) is 11.1. The summed E-state index contributed by atoms with van der Waals surface area (Å²) in [7, 11) is 0. The number of hydrogen-bond acceptors (Lipinski definition) is 11. The van der Waals surface area contributed by atoms with Crippen molar-refractivity contribution in [2.75, 3.05) is 11.5 Å². The molecule has 6 unspecified atom stereocenters. The van der Waals surface area contributed by atoms with E-state index >= 15 is 0 Å². The third-order valence-electron chi connectivity index (χ3n) is 6.16. The van der Waals surface area contributed by atoms with Crippen LogP contribution in [0.15, 0.2) is 42.5 Å². The summed E-state index contributed by atoms with van der Waals surface area (Å²) >= 11 is 0. The van der Waals surface area contributed by atoms with Crippen LogP contribution in [0.5, 0.6) is 17.2 Å². The number of aliphatic hydroxyl groups is 5. The first-order valence-electron chi connectivity index (χ1n) is 11.1. The lowest BCUT2D eigenvalue weighted by Crippen LogP contribution is -2.67. The Morgan fingerprint density at radius 2 is 1.78 bits per heavy atom. The molecular formula is C24H25NO12. The molecule has 4 rings (SSSR count). The molecule has 1 saturated heterocycles. The first-order chi connectivity index (χ1) is 17.4. The lowest BCUT2D eigenvalue weighted by Gasteiger charge is -2.44. The average Bonchev–Trinajstić information content (AvgIpc) is 3.23. The van der Waals surface area contributed by atoms with E-state index in [9.17, 15) is 50.4 Å². The maximum absolute atomic E-state index is 13.0. The minimum absolute atomic E-state index is 0.0220. The monoisotopic (exact) mass is 519 g/mol. The molecule has 2 aliphatic rings. The SMILES string of the molecule is O=C(O)C1Cc2cc(O)c(OC3(O)OC(CO)C(O)C(O)C3O)cc2N1C(=O)C=Cc1ccc(O)cc1. The highest BCUT2D eigenvalue weighted by Crippen LogP contribution is 2.43. The van der Waals surface area contributed by atoms with E-state index in [-0.39, 0.29) is 23.4 Å². The summed E-state index contributed by atoms with van der Waals surface area (Å²) in [6, 6.07) is 6.73. The zero-order valence-electron chi connectivity index (χ0n) is 19.1. The minimum Gasteiger partial charge on any atom is -0.508 e. The quantitative estimate of drug-likeness (QED) is 0.164. The molecule has 0 spiro atoms. The molecule has 2 aromatic carbocycles. The number of carbonyl (C=O) groups excluding carboxylic acids is 1. The van der Waals surface area contributed by atoms with E-state index in [0.717, 1.165) is 23.1 Å². The van der Waals surface area contributed by atoms with Gasteiger partial charge in [0.05, 0.1) is 12.3 Å². The van der Waals surface area contributed by atoms with Crippen molar-refractivity contribution in [1.29, 1.82) is 0 Å². The zero-order chi connectivity index (χ0) is 27.1. The van der Waals surface area contributed by atoms with Crippen LogP contribution >= 0.6 is 0 Å². The van der Waals surface area contributed by atoms with Crippen LogP contribution in [-0.4, -0.2) is 95.8 Å². The number of rotatable bonds is 6. The van der Waals surface area contributed by atoms with Crippen molar-refractivity contribution < 1.29 is 59.9 Å². The summed E-state index contributed by atoms with van der Waals surface area (Å²) in [5.41, 5.74) is 0.843. The van der Waals surface area contributed by atoms with Gasteiger partial charge in [-0.05, 0) is 35.4 Å². The maximum Gasteiger partial charge on any atom is 0.355 e. The third-order valence-corrected chi connectivity index (χ3v) is 6.16. The molecule has 0 saturated carbocycles. The molecule has 13 heteroatoms. The number of hydrogen-bond donors (Lipinski definition) is 8. The van der Waals surface area contributed by atoms with Crippen LogP contribution in [0.25, 0.3) is 6.08 Å². The van der Waals surface area contributed by atoms with Gasteiger partial charge in [0.15, 0.2) is 17.6 Å². The van der Waals surface area contributed by atoms with E-state index in [1.54, 1.807) is 0 Å². The standard InChI is InChI=1S/C24H25NO12/c26-10-18-20(30)21(31)22(32)24(35,37-18)36-17-9-14-12(8-16(17)28)7-15(23(33)34)25(14)19(29)6-3-11-1-4-13(27)5-2-11/h1-6,8-9,15,18,20-22,26-28,30-32,35H,7,10H2,(H,33,34). The number of carboxylic acids is 1. The molecule has 8 N–H and O–H groups in total. The number of benzene rings is 2. The highest BCUT2D eigenvalue weighted by atomic mass is 16.8. The van der Waals surface area contributed by atoms with Gasteiger partial charge in [-0.1, -0.05) is 12.1 Å². The highest BCUT2D eigenvalue weighted by Gasteiger charge is 2.55. The Balaban J connectivity index is 1.66. The van der Waals surface area contributed by atoms with Crippen LogP contribution in [0.2, 0.25) is 0 Å². The third kappa shape index (κ3) is 4.96. The molecule has 1 fully saturated rings. The Morgan fingerprint density at radius 3 is 2.41 bits per heavy atom. The molecule has 198 valence electrons. The van der Waals surface area contributed by atoms with E-state index in [2.05, 4.69) is 0 Å². The average molecular weight is 519 g/mol. The van der Waals surface area contributed by atoms with Crippen LogP contribution in [-0.2, 0) is 20.7 Å². The van der Waals surface area contributed by atoms with Crippen molar-refractivity contribution in [3.8, 4) is 17.2 Å². The van der Waals surface area contributed by atoms with Crippen LogP contribution in [0.1, 0.15) is 11.1 Å². The molecule has 2 heterocycles. The van der Waals surface area contributed by atoms with Gasteiger partial charge < -0.3 is 50.3 Å². The fraction of sp³-hybridized carbons (Fsp3) is 0.333. The number of aliphatic hydroxyl groups excluding tert-OH is 4. The van der Waals surface area contributed by atoms with Gasteiger partial charge in [0.1, 0.15) is 30.1 Å². The number of amides is 1. The lowest BCUT2D eigenvalue weighted by atomic mass is 9.98. The number of nitrogens with zero attached hydrogens (tertiary/aromatic N) is 1. The Kier molecular flexibility index (Phi) is 7.10. The number of aromatic hydroxyl groups is 2. The number of anilines is 1. The van der Waals surface area contributed by atoms with Crippen molar-refractivity contribution in [3.05, 3.63) is 53.6 Å². The van der Waals surface area contributed by atoms with Crippen LogP contribution in [0.3, 0.4) is 0 Å². The van der Waals surface area contributed by atoms with Gasteiger partial charge >= 0.3 is 11.9 Å². The van der Waals surface area contributed by atoms with Crippen molar-refractivity contribution in [1.82, 2.24) is 0 Å². The Bertz CT molecular complexity index is 1210. The van der Waals surface area contributed by atoms with E-state index in [1.807, 2.05) is 0 Å². The maximum atomic E-state index is 13.0. The van der Waals surface area contributed by atoms with Crippen molar-refractivity contribution in [2.24, 2.45) is 0 Å². The van der Waals surface area contributed by atoms with Crippen molar-refractivity contribution in [2.45, 2.75) is 42.9 Å². The fourth-order valence-electron chi connectivity index (χ4n) is 4.21. The van der Waals surface area contributed by atoms with E-state index < -0.39 is 66.4 Å². The second kappa shape index (κ2) is 9.97. The Hall–Kier alpha value is -3.72. The molecule has 0 aliphatic carbocycles. The normalized spacial score (nSPS) is 29.3.